The van der Waals surface area contributed by atoms with Crippen LogP contribution in [0.4, 0.5) is 9.18 Å². The molecule has 0 radical (unpaired) electrons. The van der Waals surface area contributed by atoms with Gasteiger partial charge in [-0.05, 0) is 60.2 Å². The van der Waals surface area contributed by atoms with Crippen molar-refractivity contribution < 1.29 is 19.0 Å². The first kappa shape index (κ1) is 21.1. The summed E-state index contributed by atoms with van der Waals surface area (Å²) < 4.78 is 18.8. The highest BCUT2D eigenvalue weighted by atomic mass is 19.1. The number of halogens is 1. The molecule has 3 aromatic carbocycles. The number of rotatable bonds is 6. The second kappa shape index (κ2) is 8.52. The van der Waals surface area contributed by atoms with Crippen molar-refractivity contribution in [2.24, 2.45) is 0 Å². The van der Waals surface area contributed by atoms with Crippen LogP contribution in [0.5, 0.6) is 0 Å². The van der Waals surface area contributed by atoms with Crippen molar-refractivity contribution in [2.45, 2.75) is 37.8 Å². The van der Waals surface area contributed by atoms with Gasteiger partial charge in [0.2, 0.25) is 0 Å². The van der Waals surface area contributed by atoms with Crippen LogP contribution in [0.3, 0.4) is 0 Å². The molecule has 5 heteroatoms. The zero-order valence-corrected chi connectivity index (χ0v) is 17.6. The fourth-order valence-corrected chi connectivity index (χ4v) is 4.12. The van der Waals surface area contributed by atoms with E-state index in [4.69, 9.17) is 4.74 Å². The smallest absolute Gasteiger partial charge is 0.407 e. The average molecular weight is 419 g/mol. The molecule has 1 atom stereocenters. The zero-order valence-electron chi connectivity index (χ0n) is 17.6. The molecule has 31 heavy (non-hydrogen) atoms. The van der Waals surface area contributed by atoms with E-state index in [2.05, 4.69) is 29.6 Å². The van der Waals surface area contributed by atoms with Crippen LogP contribution in [0.1, 0.15) is 36.5 Å². The van der Waals surface area contributed by atoms with E-state index in [0.717, 1.165) is 27.8 Å². The number of hydrogen-bond acceptors (Lipinski definition) is 3. The molecule has 0 saturated heterocycles. The highest BCUT2D eigenvalue weighted by molar-refractivity contribution is 5.79. The molecule has 1 amide bonds. The molecule has 0 aliphatic heterocycles. The summed E-state index contributed by atoms with van der Waals surface area (Å²) in [5.41, 5.74) is 4.24. The second-order valence-electron chi connectivity index (χ2n) is 8.51. The van der Waals surface area contributed by atoms with Gasteiger partial charge in [-0.15, -0.1) is 0 Å². The Morgan fingerprint density at radius 3 is 2.10 bits per heavy atom. The van der Waals surface area contributed by atoms with Crippen LogP contribution in [0.15, 0.2) is 72.8 Å². The minimum atomic E-state index is -1.18. The fraction of sp³-hybridized carbons (Fsp3) is 0.269. The molecule has 0 saturated carbocycles. The van der Waals surface area contributed by atoms with Gasteiger partial charge in [0.15, 0.2) is 0 Å². The normalized spacial score (nSPS) is 13.9. The highest BCUT2D eigenvalue weighted by Crippen LogP contribution is 2.44. The number of hydrogen-bond donors (Lipinski definition) is 2. The number of alkyl carbamates (subject to hydrolysis) is 1. The molecule has 0 spiro atoms. The lowest BCUT2D eigenvalue weighted by atomic mass is 9.92. The summed E-state index contributed by atoms with van der Waals surface area (Å²) >= 11 is 0. The third-order valence-electron chi connectivity index (χ3n) is 5.84. The Morgan fingerprint density at radius 2 is 1.55 bits per heavy atom. The molecule has 0 aromatic heterocycles. The van der Waals surface area contributed by atoms with Gasteiger partial charge >= 0.3 is 6.09 Å². The van der Waals surface area contributed by atoms with Crippen molar-refractivity contribution in [1.82, 2.24) is 5.32 Å². The summed E-state index contributed by atoms with van der Waals surface area (Å²) in [5, 5.41) is 13.3. The third kappa shape index (κ3) is 4.62. The van der Waals surface area contributed by atoms with Gasteiger partial charge in [-0.2, -0.15) is 0 Å². The van der Waals surface area contributed by atoms with E-state index in [-0.39, 0.29) is 18.3 Å². The Balaban J connectivity index is 1.45. The third-order valence-corrected chi connectivity index (χ3v) is 5.84. The molecule has 160 valence electrons. The van der Waals surface area contributed by atoms with Crippen molar-refractivity contribution in [2.75, 3.05) is 6.61 Å². The first-order chi connectivity index (χ1) is 14.8. The van der Waals surface area contributed by atoms with Crippen LogP contribution in [0.25, 0.3) is 11.1 Å². The molecule has 1 aliphatic carbocycles. The number of carbonyl (C=O) groups is 1. The number of amides is 1. The Labute approximate surface area is 181 Å². The summed E-state index contributed by atoms with van der Waals surface area (Å²) in [5.74, 6) is -0.358. The molecule has 1 unspecified atom stereocenters. The Morgan fingerprint density at radius 1 is 1.00 bits per heavy atom. The number of ether oxygens (including phenoxy) is 1. The maximum atomic E-state index is 13.2. The molecule has 4 nitrogen and oxygen atoms in total. The van der Waals surface area contributed by atoms with Crippen molar-refractivity contribution >= 4 is 6.09 Å². The predicted molar refractivity (Wildman–Crippen MR) is 118 cm³/mol. The van der Waals surface area contributed by atoms with Crippen molar-refractivity contribution in [3.8, 4) is 11.1 Å². The number of aliphatic hydroxyl groups is 1. The summed E-state index contributed by atoms with van der Waals surface area (Å²) in [6.45, 7) is 3.46. The molecule has 0 fully saturated rings. The van der Waals surface area contributed by atoms with Crippen molar-refractivity contribution in [1.29, 1.82) is 0 Å². The monoisotopic (exact) mass is 419 g/mol. The summed E-state index contributed by atoms with van der Waals surface area (Å²) in [4.78, 5) is 12.6. The van der Waals surface area contributed by atoms with Gasteiger partial charge < -0.3 is 15.2 Å². The van der Waals surface area contributed by atoms with E-state index in [9.17, 15) is 14.3 Å². The van der Waals surface area contributed by atoms with Crippen LogP contribution < -0.4 is 5.32 Å². The van der Waals surface area contributed by atoms with E-state index in [1.54, 1.807) is 26.0 Å². The van der Waals surface area contributed by atoms with Gasteiger partial charge in [-0.3, -0.25) is 0 Å². The van der Waals surface area contributed by atoms with Gasteiger partial charge in [0.1, 0.15) is 12.4 Å². The predicted octanol–water partition coefficient (Wildman–Crippen LogP) is 5.05. The summed E-state index contributed by atoms with van der Waals surface area (Å²) in [6, 6.07) is 21.7. The number of nitrogens with one attached hydrogen (secondary N) is 1. The SMILES string of the molecule is CC(C)(O)C(Cc1ccc(F)cc1)NC(=O)OCC1c2ccccc2-c2ccccc21. The quantitative estimate of drug-likeness (QED) is 0.588. The van der Waals surface area contributed by atoms with E-state index in [1.165, 1.54) is 12.1 Å². The van der Waals surface area contributed by atoms with Gasteiger partial charge in [-0.25, -0.2) is 9.18 Å². The summed E-state index contributed by atoms with van der Waals surface area (Å²) in [6.07, 6.45) is -0.232. The molecular weight excluding hydrogens is 393 g/mol. The number of carbonyl (C=O) groups excluding carboxylic acids is 1. The first-order valence-electron chi connectivity index (χ1n) is 10.4. The lowest BCUT2D eigenvalue weighted by molar-refractivity contribution is 0.0343. The van der Waals surface area contributed by atoms with Gasteiger partial charge in [0.05, 0.1) is 11.6 Å². The van der Waals surface area contributed by atoms with E-state index in [1.807, 2.05) is 24.3 Å². The molecular formula is C26H26FNO3. The highest BCUT2D eigenvalue weighted by Gasteiger charge is 2.31. The molecule has 2 N–H and O–H groups in total. The van der Waals surface area contributed by atoms with E-state index in [0.29, 0.717) is 6.42 Å². The Kier molecular flexibility index (Phi) is 5.79. The van der Waals surface area contributed by atoms with E-state index < -0.39 is 17.7 Å². The molecule has 1 aliphatic rings. The van der Waals surface area contributed by atoms with Crippen LogP contribution in [-0.2, 0) is 11.2 Å². The standard InChI is InChI=1S/C26H26FNO3/c1-26(2,30)24(15-17-11-13-18(27)14-12-17)28-25(29)31-16-23-21-9-5-3-7-19(21)20-8-4-6-10-22(20)23/h3-14,23-24,30H,15-16H2,1-2H3,(H,28,29). The first-order valence-corrected chi connectivity index (χ1v) is 10.4. The topological polar surface area (TPSA) is 58.6 Å². The lowest BCUT2D eigenvalue weighted by Crippen LogP contribution is -2.50. The minimum Gasteiger partial charge on any atom is -0.449 e. The van der Waals surface area contributed by atoms with Crippen molar-refractivity contribution in [3.05, 3.63) is 95.3 Å². The van der Waals surface area contributed by atoms with Crippen LogP contribution >= 0.6 is 0 Å². The molecule has 4 rings (SSSR count). The Hall–Kier alpha value is -3.18. The minimum absolute atomic E-state index is 0.0316. The van der Waals surface area contributed by atoms with Gasteiger partial charge in [-0.1, -0.05) is 60.7 Å². The molecule has 0 heterocycles. The van der Waals surface area contributed by atoms with Crippen LogP contribution in [0, 0.1) is 5.82 Å². The second-order valence-corrected chi connectivity index (χ2v) is 8.51. The van der Waals surface area contributed by atoms with Gasteiger partial charge in [0, 0.05) is 5.92 Å². The maximum absolute atomic E-state index is 13.2. The van der Waals surface area contributed by atoms with E-state index >= 15 is 0 Å². The van der Waals surface area contributed by atoms with Gasteiger partial charge in [0.25, 0.3) is 0 Å². The maximum Gasteiger partial charge on any atom is 0.407 e. The largest absolute Gasteiger partial charge is 0.449 e. The summed E-state index contributed by atoms with van der Waals surface area (Å²) in [7, 11) is 0. The Bertz CT molecular complexity index is 1030. The van der Waals surface area contributed by atoms with Crippen LogP contribution in [-0.4, -0.2) is 29.4 Å². The fourth-order valence-electron chi connectivity index (χ4n) is 4.12. The average Bonchev–Trinajstić information content (AvgIpc) is 3.06. The molecule has 0 bridgehead atoms. The number of benzene rings is 3. The lowest BCUT2D eigenvalue weighted by Gasteiger charge is -2.30. The zero-order chi connectivity index (χ0) is 22.0. The molecule has 3 aromatic rings. The van der Waals surface area contributed by atoms with Crippen LogP contribution in [0.2, 0.25) is 0 Å². The number of fused-ring (bicyclic) bond motifs is 3. The van der Waals surface area contributed by atoms with Crippen molar-refractivity contribution in [3.63, 3.8) is 0 Å².